The van der Waals surface area contributed by atoms with Crippen LogP contribution >= 0.6 is 0 Å². The van der Waals surface area contributed by atoms with Crippen LogP contribution in [0.3, 0.4) is 0 Å². The topological polar surface area (TPSA) is 139 Å². The molecule has 0 saturated carbocycles. The summed E-state index contributed by atoms with van der Waals surface area (Å²) < 4.78 is 56.2. The molecule has 1 aliphatic rings. The SMILES string of the molecule is CN(C)C(=O)COc1ccc(NC(=O)c2cccc(S(=O)(=O)NC3CCS(=O)(=O)C3)c2)cc1. The summed E-state index contributed by atoms with van der Waals surface area (Å²) in [6.07, 6.45) is 0.213. The van der Waals surface area contributed by atoms with Crippen LogP contribution < -0.4 is 14.8 Å². The summed E-state index contributed by atoms with van der Waals surface area (Å²) in [5.74, 6) is -0.553. The number of hydrogen-bond acceptors (Lipinski definition) is 7. The van der Waals surface area contributed by atoms with Gasteiger partial charge in [0.15, 0.2) is 16.4 Å². The molecule has 1 saturated heterocycles. The van der Waals surface area contributed by atoms with Gasteiger partial charge in [-0.05, 0) is 48.9 Å². The third-order valence-corrected chi connectivity index (χ3v) is 8.22. The first-order chi connectivity index (χ1) is 15.4. The summed E-state index contributed by atoms with van der Waals surface area (Å²) in [6.45, 7) is -0.110. The lowest BCUT2D eigenvalue weighted by atomic mass is 10.2. The highest BCUT2D eigenvalue weighted by atomic mass is 32.2. The van der Waals surface area contributed by atoms with Crippen molar-refractivity contribution in [1.29, 1.82) is 0 Å². The molecule has 12 heteroatoms. The number of sulfone groups is 1. The zero-order valence-electron chi connectivity index (χ0n) is 18.1. The van der Waals surface area contributed by atoms with Crippen molar-refractivity contribution < 1.29 is 31.2 Å². The first-order valence-electron chi connectivity index (χ1n) is 10.0. The van der Waals surface area contributed by atoms with E-state index in [1.165, 1.54) is 29.2 Å². The van der Waals surface area contributed by atoms with Crippen molar-refractivity contribution in [2.45, 2.75) is 17.4 Å². The van der Waals surface area contributed by atoms with Crippen molar-refractivity contribution in [3.05, 3.63) is 54.1 Å². The molecule has 0 bridgehead atoms. The molecule has 2 N–H and O–H groups in total. The number of rotatable bonds is 8. The van der Waals surface area contributed by atoms with Crippen LogP contribution in [0.15, 0.2) is 53.4 Å². The molecule has 1 atom stereocenters. The molecule has 1 aliphatic heterocycles. The smallest absolute Gasteiger partial charge is 0.259 e. The average molecular weight is 496 g/mol. The molecule has 2 aromatic carbocycles. The molecule has 1 fully saturated rings. The molecule has 1 unspecified atom stereocenters. The third kappa shape index (κ3) is 6.76. The van der Waals surface area contributed by atoms with Crippen LogP contribution in [0.2, 0.25) is 0 Å². The number of ether oxygens (including phenoxy) is 1. The summed E-state index contributed by atoms with van der Waals surface area (Å²) in [6, 6.07) is 11.2. The number of nitrogens with zero attached hydrogens (tertiary/aromatic N) is 1. The number of benzene rings is 2. The van der Waals surface area contributed by atoms with Gasteiger partial charge in [0, 0.05) is 31.4 Å². The zero-order valence-corrected chi connectivity index (χ0v) is 19.8. The van der Waals surface area contributed by atoms with E-state index in [1.807, 2.05) is 0 Å². The maximum absolute atomic E-state index is 12.6. The lowest BCUT2D eigenvalue weighted by molar-refractivity contribution is -0.130. The molecular weight excluding hydrogens is 470 g/mol. The summed E-state index contributed by atoms with van der Waals surface area (Å²) in [5.41, 5.74) is 0.572. The van der Waals surface area contributed by atoms with Crippen LogP contribution in [0.5, 0.6) is 5.75 Å². The molecule has 0 radical (unpaired) electrons. The highest BCUT2D eigenvalue weighted by Crippen LogP contribution is 2.19. The van der Waals surface area contributed by atoms with Crippen molar-refractivity contribution in [2.24, 2.45) is 0 Å². The van der Waals surface area contributed by atoms with Crippen LogP contribution in [0.1, 0.15) is 16.8 Å². The number of nitrogens with one attached hydrogen (secondary N) is 2. The predicted molar refractivity (Wildman–Crippen MR) is 122 cm³/mol. The minimum Gasteiger partial charge on any atom is -0.484 e. The first kappa shape index (κ1) is 24.7. The van der Waals surface area contributed by atoms with Gasteiger partial charge in [-0.25, -0.2) is 21.6 Å². The fourth-order valence-corrected chi connectivity index (χ4v) is 6.19. The molecule has 2 aromatic rings. The molecule has 0 aliphatic carbocycles. The Kier molecular flexibility index (Phi) is 7.40. The highest BCUT2D eigenvalue weighted by Gasteiger charge is 2.31. The molecule has 1 heterocycles. The van der Waals surface area contributed by atoms with Gasteiger partial charge in [-0.2, -0.15) is 0 Å². The normalized spacial score (nSPS) is 17.3. The number of anilines is 1. The van der Waals surface area contributed by atoms with Crippen LogP contribution in [0.25, 0.3) is 0 Å². The Morgan fingerprint density at radius 1 is 1.12 bits per heavy atom. The molecule has 33 heavy (non-hydrogen) atoms. The molecule has 3 rings (SSSR count). The Bertz CT molecular complexity index is 1240. The van der Waals surface area contributed by atoms with Gasteiger partial charge in [0.1, 0.15) is 5.75 Å². The van der Waals surface area contributed by atoms with E-state index in [9.17, 15) is 26.4 Å². The maximum atomic E-state index is 12.6. The van der Waals surface area contributed by atoms with Crippen molar-refractivity contribution in [3.63, 3.8) is 0 Å². The van der Waals surface area contributed by atoms with Crippen molar-refractivity contribution in [2.75, 3.05) is 37.5 Å². The second-order valence-corrected chi connectivity index (χ2v) is 11.7. The van der Waals surface area contributed by atoms with Gasteiger partial charge < -0.3 is 15.0 Å². The number of amides is 2. The van der Waals surface area contributed by atoms with Crippen LogP contribution in [-0.2, 0) is 24.7 Å². The number of carbonyl (C=O) groups excluding carboxylic acids is 2. The second kappa shape index (κ2) is 9.89. The number of likely N-dealkylation sites (N-methyl/N-ethyl adjacent to an activating group) is 1. The van der Waals surface area contributed by atoms with E-state index in [4.69, 9.17) is 4.74 Å². The Morgan fingerprint density at radius 3 is 2.42 bits per heavy atom. The molecule has 0 spiro atoms. The fourth-order valence-electron chi connectivity index (χ4n) is 3.09. The van der Waals surface area contributed by atoms with Crippen LogP contribution in [0, 0.1) is 0 Å². The summed E-state index contributed by atoms with van der Waals surface area (Å²) in [5, 5.41) is 2.67. The van der Waals surface area contributed by atoms with Gasteiger partial charge in [-0.15, -0.1) is 0 Å². The Morgan fingerprint density at radius 2 is 1.82 bits per heavy atom. The molecule has 178 valence electrons. The highest BCUT2D eigenvalue weighted by molar-refractivity contribution is 7.92. The van der Waals surface area contributed by atoms with E-state index in [2.05, 4.69) is 10.0 Å². The molecule has 0 aromatic heterocycles. The molecule has 2 amide bonds. The average Bonchev–Trinajstić information content (AvgIpc) is 3.10. The molecular formula is C21H25N3O7S2. The Hall–Kier alpha value is -2.96. The van der Waals surface area contributed by atoms with Gasteiger partial charge in [-0.3, -0.25) is 9.59 Å². The minimum absolute atomic E-state index is 0.0571. The summed E-state index contributed by atoms with van der Waals surface area (Å²) in [7, 11) is -3.98. The zero-order chi connectivity index (χ0) is 24.2. The number of hydrogen-bond donors (Lipinski definition) is 2. The van der Waals surface area contributed by atoms with Crippen LogP contribution in [-0.4, -0.2) is 71.8 Å². The van der Waals surface area contributed by atoms with E-state index in [1.54, 1.807) is 38.4 Å². The monoisotopic (exact) mass is 495 g/mol. The summed E-state index contributed by atoms with van der Waals surface area (Å²) in [4.78, 5) is 25.5. The van der Waals surface area contributed by atoms with Gasteiger partial charge in [0.25, 0.3) is 11.8 Å². The number of carbonyl (C=O) groups is 2. The van der Waals surface area contributed by atoms with Crippen molar-refractivity contribution >= 4 is 37.4 Å². The molecule has 10 nitrogen and oxygen atoms in total. The second-order valence-electron chi connectivity index (χ2n) is 7.80. The quantitative estimate of drug-likeness (QED) is 0.554. The van der Waals surface area contributed by atoms with E-state index >= 15 is 0 Å². The fraction of sp³-hybridized carbons (Fsp3) is 0.333. The number of sulfonamides is 1. The van der Waals surface area contributed by atoms with E-state index < -0.39 is 31.8 Å². The van der Waals surface area contributed by atoms with Crippen LogP contribution in [0.4, 0.5) is 5.69 Å². The largest absolute Gasteiger partial charge is 0.484 e. The van der Waals surface area contributed by atoms with E-state index in [0.29, 0.717) is 11.4 Å². The maximum Gasteiger partial charge on any atom is 0.259 e. The minimum atomic E-state index is -3.99. The standard InChI is InChI=1S/C21H25N3O7S2/c1-24(2)20(25)13-31-18-8-6-16(7-9-18)22-21(26)15-4-3-5-19(12-15)33(29,30)23-17-10-11-32(27,28)14-17/h3-9,12,17,23H,10-11,13-14H2,1-2H3,(H,22,26). The lowest BCUT2D eigenvalue weighted by Gasteiger charge is -2.13. The van der Waals surface area contributed by atoms with Crippen molar-refractivity contribution in [1.82, 2.24) is 9.62 Å². The van der Waals surface area contributed by atoms with Gasteiger partial charge in [-0.1, -0.05) is 6.07 Å². The van der Waals surface area contributed by atoms with Gasteiger partial charge in [0.2, 0.25) is 10.0 Å². The van der Waals surface area contributed by atoms with Gasteiger partial charge >= 0.3 is 0 Å². The van der Waals surface area contributed by atoms with Crippen molar-refractivity contribution in [3.8, 4) is 5.75 Å². The Labute approximate surface area is 192 Å². The predicted octanol–water partition coefficient (Wildman–Crippen LogP) is 0.871. The third-order valence-electron chi connectivity index (χ3n) is 4.93. The lowest BCUT2D eigenvalue weighted by Crippen LogP contribution is -2.35. The van der Waals surface area contributed by atoms with E-state index in [0.717, 1.165) is 0 Å². The van der Waals surface area contributed by atoms with E-state index in [-0.39, 0.29) is 40.9 Å². The Balaban J connectivity index is 1.64. The van der Waals surface area contributed by atoms with Gasteiger partial charge in [0.05, 0.1) is 16.4 Å². The summed E-state index contributed by atoms with van der Waals surface area (Å²) >= 11 is 0. The first-order valence-corrected chi connectivity index (χ1v) is 13.3.